The van der Waals surface area contributed by atoms with Crippen molar-refractivity contribution >= 4 is 17.3 Å². The normalized spacial score (nSPS) is 30.2. The number of thiocarbonyl (C=S) groups is 1. The Morgan fingerprint density at radius 2 is 2.40 bits per heavy atom. The van der Waals surface area contributed by atoms with E-state index in [0.29, 0.717) is 12.6 Å². The Morgan fingerprint density at radius 1 is 1.60 bits per heavy atom. The molecule has 2 aliphatic rings. The summed E-state index contributed by atoms with van der Waals surface area (Å²) in [5, 5.41) is 7.18. The van der Waals surface area contributed by atoms with E-state index in [1.54, 1.807) is 7.11 Å². The van der Waals surface area contributed by atoms with Gasteiger partial charge in [-0.25, -0.2) is 0 Å². The van der Waals surface area contributed by atoms with Gasteiger partial charge in [-0.3, -0.25) is 0 Å². The molecule has 1 aliphatic carbocycles. The molecule has 0 spiro atoms. The van der Waals surface area contributed by atoms with Gasteiger partial charge in [0.05, 0.1) is 6.61 Å². The molecule has 2 N–H and O–H groups in total. The van der Waals surface area contributed by atoms with Crippen LogP contribution in [0, 0.1) is 0 Å². The molecule has 15 heavy (non-hydrogen) atoms. The molecule has 2 rings (SSSR count). The van der Waals surface area contributed by atoms with E-state index in [1.807, 2.05) is 0 Å². The summed E-state index contributed by atoms with van der Waals surface area (Å²) in [6, 6.07) is 0.600. The second kappa shape index (κ2) is 4.63. The molecule has 0 aromatic rings. The molecule has 1 saturated heterocycles. The SMILES string of the molecule is COC1(CNC(=S)NC2CC2)CCOC1. The quantitative estimate of drug-likeness (QED) is 0.685. The third-order valence-electron chi connectivity index (χ3n) is 2.98. The lowest BCUT2D eigenvalue weighted by atomic mass is 10.0. The Kier molecular flexibility index (Phi) is 3.43. The predicted molar refractivity (Wildman–Crippen MR) is 61.9 cm³/mol. The summed E-state index contributed by atoms with van der Waals surface area (Å²) >= 11 is 5.18. The van der Waals surface area contributed by atoms with Crippen molar-refractivity contribution in [3.05, 3.63) is 0 Å². The molecule has 0 bridgehead atoms. The van der Waals surface area contributed by atoms with Crippen LogP contribution in [0.4, 0.5) is 0 Å². The van der Waals surface area contributed by atoms with Crippen molar-refractivity contribution in [1.82, 2.24) is 10.6 Å². The van der Waals surface area contributed by atoms with Gasteiger partial charge in [-0.2, -0.15) is 0 Å². The van der Waals surface area contributed by atoms with Crippen LogP contribution in [0.3, 0.4) is 0 Å². The van der Waals surface area contributed by atoms with Crippen molar-refractivity contribution in [3.8, 4) is 0 Å². The standard InChI is InChI=1S/C10H18N2O2S/c1-13-10(4-5-14-7-10)6-11-9(15)12-8-2-3-8/h8H,2-7H2,1H3,(H2,11,12,15). The smallest absolute Gasteiger partial charge is 0.166 e. The highest BCUT2D eigenvalue weighted by Gasteiger charge is 2.35. The maximum atomic E-state index is 5.49. The zero-order valence-corrected chi connectivity index (χ0v) is 9.86. The van der Waals surface area contributed by atoms with Crippen molar-refractivity contribution in [2.75, 3.05) is 26.9 Å². The molecular weight excluding hydrogens is 212 g/mol. The molecule has 0 radical (unpaired) electrons. The predicted octanol–water partition coefficient (Wildman–Crippen LogP) is 0.418. The third kappa shape index (κ3) is 3.03. The Hall–Kier alpha value is -0.390. The van der Waals surface area contributed by atoms with Gasteiger partial charge in [0, 0.05) is 32.7 Å². The highest BCUT2D eigenvalue weighted by molar-refractivity contribution is 7.80. The van der Waals surface area contributed by atoms with Gasteiger partial charge in [0.1, 0.15) is 5.60 Å². The number of ether oxygens (including phenoxy) is 2. The minimum absolute atomic E-state index is 0.185. The zero-order valence-electron chi connectivity index (χ0n) is 9.04. The lowest BCUT2D eigenvalue weighted by Crippen LogP contribution is -2.48. The first-order valence-electron chi connectivity index (χ1n) is 5.41. The topological polar surface area (TPSA) is 42.5 Å². The largest absolute Gasteiger partial charge is 0.378 e. The second-order valence-electron chi connectivity index (χ2n) is 4.29. The van der Waals surface area contributed by atoms with Gasteiger partial charge >= 0.3 is 0 Å². The third-order valence-corrected chi connectivity index (χ3v) is 3.25. The first-order chi connectivity index (χ1) is 7.24. The molecule has 86 valence electrons. The minimum Gasteiger partial charge on any atom is -0.378 e. The van der Waals surface area contributed by atoms with E-state index in [0.717, 1.165) is 24.7 Å². The van der Waals surface area contributed by atoms with Crippen LogP contribution in [0.25, 0.3) is 0 Å². The van der Waals surface area contributed by atoms with Gasteiger partial charge in [0.25, 0.3) is 0 Å². The molecule has 1 unspecified atom stereocenters. The van der Waals surface area contributed by atoms with E-state index in [4.69, 9.17) is 21.7 Å². The van der Waals surface area contributed by atoms with Crippen molar-refractivity contribution in [2.24, 2.45) is 0 Å². The summed E-state index contributed by atoms with van der Waals surface area (Å²) in [5.41, 5.74) is -0.185. The van der Waals surface area contributed by atoms with E-state index < -0.39 is 0 Å². The summed E-state index contributed by atoms with van der Waals surface area (Å²) in [7, 11) is 1.73. The minimum atomic E-state index is -0.185. The Bertz CT molecular complexity index is 238. The van der Waals surface area contributed by atoms with Crippen molar-refractivity contribution < 1.29 is 9.47 Å². The number of rotatable bonds is 4. The molecule has 2 fully saturated rings. The summed E-state index contributed by atoms with van der Waals surface area (Å²) < 4.78 is 10.8. The average Bonchev–Trinajstić information content (AvgIpc) is 2.93. The summed E-state index contributed by atoms with van der Waals surface area (Å²) in [4.78, 5) is 0. The number of hydrogen-bond donors (Lipinski definition) is 2. The van der Waals surface area contributed by atoms with E-state index in [2.05, 4.69) is 10.6 Å². The molecule has 4 nitrogen and oxygen atoms in total. The highest BCUT2D eigenvalue weighted by atomic mass is 32.1. The lowest BCUT2D eigenvalue weighted by molar-refractivity contribution is -0.0126. The van der Waals surface area contributed by atoms with Crippen LogP contribution >= 0.6 is 12.2 Å². The zero-order chi connectivity index (χ0) is 10.7. The first-order valence-corrected chi connectivity index (χ1v) is 5.82. The monoisotopic (exact) mass is 230 g/mol. The average molecular weight is 230 g/mol. The van der Waals surface area contributed by atoms with Gasteiger partial charge in [-0.15, -0.1) is 0 Å². The van der Waals surface area contributed by atoms with Crippen molar-refractivity contribution in [2.45, 2.75) is 30.9 Å². The van der Waals surface area contributed by atoms with Gasteiger partial charge in [-0.1, -0.05) is 0 Å². The van der Waals surface area contributed by atoms with E-state index in [1.165, 1.54) is 12.8 Å². The van der Waals surface area contributed by atoms with Crippen LogP contribution in [0.5, 0.6) is 0 Å². The first kappa shape index (κ1) is 11.1. The Labute approximate surface area is 95.7 Å². The number of nitrogens with one attached hydrogen (secondary N) is 2. The number of hydrogen-bond acceptors (Lipinski definition) is 3. The fourth-order valence-corrected chi connectivity index (χ4v) is 1.91. The van der Waals surface area contributed by atoms with E-state index in [-0.39, 0.29) is 5.60 Å². The summed E-state index contributed by atoms with van der Waals surface area (Å²) in [5.74, 6) is 0. The van der Waals surface area contributed by atoms with Crippen LogP contribution in [0.15, 0.2) is 0 Å². The maximum absolute atomic E-state index is 5.49. The molecule has 0 aromatic heterocycles. The van der Waals surface area contributed by atoms with Crippen LogP contribution in [-0.4, -0.2) is 43.6 Å². The molecule has 1 saturated carbocycles. The maximum Gasteiger partial charge on any atom is 0.166 e. The second-order valence-corrected chi connectivity index (χ2v) is 4.70. The molecule has 0 aromatic carbocycles. The van der Waals surface area contributed by atoms with E-state index >= 15 is 0 Å². The summed E-state index contributed by atoms with van der Waals surface area (Å²) in [6.07, 6.45) is 3.41. The molecular formula is C10H18N2O2S. The summed E-state index contributed by atoms with van der Waals surface area (Å²) in [6.45, 7) is 2.16. The fourth-order valence-electron chi connectivity index (χ4n) is 1.67. The van der Waals surface area contributed by atoms with E-state index in [9.17, 15) is 0 Å². The fraction of sp³-hybridized carbons (Fsp3) is 0.900. The molecule has 0 amide bonds. The van der Waals surface area contributed by atoms with Crippen LogP contribution in [0.2, 0.25) is 0 Å². The van der Waals surface area contributed by atoms with Gasteiger partial charge < -0.3 is 20.1 Å². The Balaban J connectivity index is 1.72. The van der Waals surface area contributed by atoms with Gasteiger partial charge in [0.15, 0.2) is 5.11 Å². The molecule has 1 atom stereocenters. The Morgan fingerprint density at radius 3 is 2.93 bits per heavy atom. The lowest BCUT2D eigenvalue weighted by Gasteiger charge is -2.26. The highest BCUT2D eigenvalue weighted by Crippen LogP contribution is 2.21. The van der Waals surface area contributed by atoms with Gasteiger partial charge in [0.2, 0.25) is 0 Å². The van der Waals surface area contributed by atoms with Crippen molar-refractivity contribution in [1.29, 1.82) is 0 Å². The molecule has 1 heterocycles. The van der Waals surface area contributed by atoms with Gasteiger partial charge in [-0.05, 0) is 25.1 Å². The molecule has 1 aliphatic heterocycles. The van der Waals surface area contributed by atoms with Crippen molar-refractivity contribution in [3.63, 3.8) is 0 Å². The van der Waals surface area contributed by atoms with Crippen LogP contribution < -0.4 is 10.6 Å². The van der Waals surface area contributed by atoms with Crippen LogP contribution in [-0.2, 0) is 9.47 Å². The number of methoxy groups -OCH3 is 1. The van der Waals surface area contributed by atoms with Crippen LogP contribution in [0.1, 0.15) is 19.3 Å². The molecule has 5 heteroatoms.